The summed E-state index contributed by atoms with van der Waals surface area (Å²) in [6, 6.07) is 12.4. The molecule has 0 bridgehead atoms. The Kier molecular flexibility index (Phi) is 6.81. The number of hydrogen-bond donors (Lipinski definition) is 2. The molecule has 0 radical (unpaired) electrons. The Labute approximate surface area is 202 Å². The molecule has 10 heteroatoms. The van der Waals surface area contributed by atoms with Crippen LogP contribution in [0.4, 0.5) is 17.2 Å². The fraction of sp³-hybridized carbons (Fsp3) is 0.320. The molecule has 3 N–H and O–H groups in total. The van der Waals surface area contributed by atoms with Crippen LogP contribution in [0.3, 0.4) is 0 Å². The molecule has 10 nitrogen and oxygen atoms in total. The number of nitro groups is 1. The van der Waals surface area contributed by atoms with Crippen LogP contribution in [0.25, 0.3) is 21.9 Å². The van der Waals surface area contributed by atoms with Crippen molar-refractivity contribution in [1.29, 1.82) is 0 Å². The zero-order chi connectivity index (χ0) is 25.1. The zero-order valence-corrected chi connectivity index (χ0v) is 20.1. The molecule has 0 fully saturated rings. The molecule has 2 aromatic carbocycles. The fourth-order valence-corrected chi connectivity index (χ4v) is 4.30. The van der Waals surface area contributed by atoms with Crippen LogP contribution >= 0.6 is 0 Å². The van der Waals surface area contributed by atoms with E-state index in [0.717, 1.165) is 53.6 Å². The van der Waals surface area contributed by atoms with Crippen molar-refractivity contribution < 1.29 is 9.72 Å². The summed E-state index contributed by atoms with van der Waals surface area (Å²) >= 11 is 0. The lowest BCUT2D eigenvalue weighted by Gasteiger charge is -2.13. The molecule has 0 aliphatic carbocycles. The van der Waals surface area contributed by atoms with Gasteiger partial charge in [0.2, 0.25) is 0 Å². The first-order valence-corrected chi connectivity index (χ1v) is 11.6. The molecule has 0 saturated carbocycles. The highest BCUT2D eigenvalue weighted by Crippen LogP contribution is 2.30. The summed E-state index contributed by atoms with van der Waals surface area (Å²) in [5.41, 5.74) is 9.37. The number of nitrogens with two attached hydrogens (primary N) is 1. The lowest BCUT2D eigenvalue weighted by atomic mass is 10.1. The number of nitro benzene ring substituents is 1. The number of aromatic nitrogens is 3. The van der Waals surface area contributed by atoms with E-state index in [9.17, 15) is 14.9 Å². The summed E-state index contributed by atoms with van der Waals surface area (Å²) in [5.74, 6) is 1.04. The van der Waals surface area contributed by atoms with Gasteiger partial charge in [0, 0.05) is 50.6 Å². The van der Waals surface area contributed by atoms with E-state index in [0.29, 0.717) is 18.1 Å². The van der Waals surface area contributed by atoms with Gasteiger partial charge in [-0.1, -0.05) is 25.1 Å². The minimum atomic E-state index is -0.473. The predicted molar refractivity (Wildman–Crippen MR) is 138 cm³/mol. The smallest absolute Gasteiger partial charge is 0.293 e. The number of nitrogens with zero attached hydrogens (tertiary/aromatic N) is 5. The van der Waals surface area contributed by atoms with Crippen molar-refractivity contribution in [3.63, 3.8) is 0 Å². The van der Waals surface area contributed by atoms with Crippen LogP contribution in [0.5, 0.6) is 0 Å². The Morgan fingerprint density at radius 2 is 1.94 bits per heavy atom. The van der Waals surface area contributed by atoms with Crippen LogP contribution in [-0.2, 0) is 13.0 Å². The van der Waals surface area contributed by atoms with Gasteiger partial charge in [0.25, 0.3) is 11.6 Å². The number of rotatable bonds is 9. The SMILES string of the molecule is CCc1nc2c(N)nc3ccccc3c2n1CCCCNC(=O)c1ccc(N(C)C)c([N+](=O)[O-])c1. The molecule has 0 aliphatic heterocycles. The quantitative estimate of drug-likeness (QED) is 0.213. The summed E-state index contributed by atoms with van der Waals surface area (Å²) in [6.07, 6.45) is 2.32. The number of amides is 1. The van der Waals surface area contributed by atoms with Gasteiger partial charge in [0.05, 0.1) is 16.0 Å². The van der Waals surface area contributed by atoms with E-state index >= 15 is 0 Å². The van der Waals surface area contributed by atoms with Crippen LogP contribution in [-0.4, -0.2) is 46.0 Å². The van der Waals surface area contributed by atoms with E-state index in [-0.39, 0.29) is 17.2 Å². The van der Waals surface area contributed by atoms with Crippen molar-refractivity contribution in [3.8, 4) is 0 Å². The van der Waals surface area contributed by atoms with Gasteiger partial charge in [0.15, 0.2) is 5.82 Å². The number of aryl methyl sites for hydroxylation is 2. The first-order chi connectivity index (χ1) is 16.8. The average Bonchev–Trinajstić information content (AvgIpc) is 3.22. The Balaban J connectivity index is 1.43. The van der Waals surface area contributed by atoms with Crippen LogP contribution < -0.4 is 16.0 Å². The van der Waals surface area contributed by atoms with Crippen molar-refractivity contribution in [2.24, 2.45) is 0 Å². The Morgan fingerprint density at radius 3 is 2.66 bits per heavy atom. The van der Waals surface area contributed by atoms with Crippen LogP contribution in [0.1, 0.15) is 35.9 Å². The number of hydrogen-bond acceptors (Lipinski definition) is 7. The second-order valence-corrected chi connectivity index (χ2v) is 8.56. The number of pyridine rings is 1. The van der Waals surface area contributed by atoms with Crippen LogP contribution in [0.2, 0.25) is 0 Å². The highest BCUT2D eigenvalue weighted by molar-refractivity contribution is 6.06. The summed E-state index contributed by atoms with van der Waals surface area (Å²) in [5, 5.41) is 15.3. The van der Waals surface area contributed by atoms with Gasteiger partial charge in [0.1, 0.15) is 17.0 Å². The molecule has 4 aromatic rings. The van der Waals surface area contributed by atoms with Crippen molar-refractivity contribution in [2.75, 3.05) is 31.3 Å². The first kappa shape index (κ1) is 23.9. The average molecular weight is 476 g/mol. The lowest BCUT2D eigenvalue weighted by Crippen LogP contribution is -2.25. The van der Waals surface area contributed by atoms with E-state index in [1.807, 2.05) is 24.3 Å². The second-order valence-electron chi connectivity index (χ2n) is 8.56. The third-order valence-corrected chi connectivity index (χ3v) is 6.02. The molecular formula is C25H29N7O3. The van der Waals surface area contributed by atoms with Gasteiger partial charge in [-0.25, -0.2) is 9.97 Å². The van der Waals surface area contributed by atoms with Gasteiger partial charge < -0.3 is 20.5 Å². The number of carbonyl (C=O) groups is 1. The minimum absolute atomic E-state index is 0.0947. The molecule has 0 atom stereocenters. The number of anilines is 2. The molecule has 0 aliphatic rings. The molecule has 0 saturated heterocycles. The highest BCUT2D eigenvalue weighted by Gasteiger charge is 2.19. The van der Waals surface area contributed by atoms with Gasteiger partial charge in [-0.3, -0.25) is 14.9 Å². The maximum absolute atomic E-state index is 12.6. The normalized spacial score (nSPS) is 11.2. The lowest BCUT2D eigenvalue weighted by molar-refractivity contribution is -0.384. The molecule has 4 rings (SSSR count). The standard InChI is InChI=1S/C25H29N7O3/c1-4-21-29-22-23(17-9-5-6-10-18(17)28-24(22)26)31(21)14-8-7-13-27-25(33)16-11-12-19(30(2)3)20(15-16)32(34)35/h5-6,9-12,15H,4,7-8,13-14H2,1-3H3,(H2,26,28)(H,27,33). The summed E-state index contributed by atoms with van der Waals surface area (Å²) in [4.78, 5) is 34.4. The van der Waals surface area contributed by atoms with E-state index in [1.54, 1.807) is 31.1 Å². The largest absolute Gasteiger partial charge is 0.382 e. The number of para-hydroxylation sites is 1. The Morgan fingerprint density at radius 1 is 1.17 bits per heavy atom. The van der Waals surface area contributed by atoms with Gasteiger partial charge in [-0.15, -0.1) is 0 Å². The molecule has 2 heterocycles. The fourth-order valence-electron chi connectivity index (χ4n) is 4.30. The van der Waals surface area contributed by atoms with E-state index < -0.39 is 4.92 Å². The summed E-state index contributed by atoms with van der Waals surface area (Å²) in [6.45, 7) is 3.25. The maximum Gasteiger partial charge on any atom is 0.293 e. The molecular weight excluding hydrogens is 446 g/mol. The predicted octanol–water partition coefficient (Wildman–Crippen LogP) is 3.91. The number of carbonyl (C=O) groups excluding carboxylic acids is 1. The minimum Gasteiger partial charge on any atom is -0.382 e. The van der Waals surface area contributed by atoms with Crippen LogP contribution in [0, 0.1) is 10.1 Å². The maximum atomic E-state index is 12.6. The monoisotopic (exact) mass is 475 g/mol. The van der Waals surface area contributed by atoms with Crippen molar-refractivity contribution in [1.82, 2.24) is 19.9 Å². The Bertz CT molecular complexity index is 1410. The van der Waals surface area contributed by atoms with Crippen LogP contribution in [0.15, 0.2) is 42.5 Å². The number of nitrogens with one attached hydrogen (secondary N) is 1. The number of fused-ring (bicyclic) bond motifs is 3. The summed E-state index contributed by atoms with van der Waals surface area (Å²) in [7, 11) is 3.45. The number of imidazole rings is 1. The van der Waals surface area contributed by atoms with E-state index in [4.69, 9.17) is 10.7 Å². The van der Waals surface area contributed by atoms with E-state index in [1.165, 1.54) is 6.07 Å². The summed E-state index contributed by atoms with van der Waals surface area (Å²) < 4.78 is 2.20. The van der Waals surface area contributed by atoms with Crippen molar-refractivity contribution in [3.05, 3.63) is 64.0 Å². The third-order valence-electron chi connectivity index (χ3n) is 6.02. The number of nitrogen functional groups attached to an aromatic ring is 1. The van der Waals surface area contributed by atoms with Crippen molar-refractivity contribution >= 4 is 45.0 Å². The second kappa shape index (κ2) is 9.96. The van der Waals surface area contributed by atoms with Gasteiger partial charge >= 0.3 is 0 Å². The number of unbranched alkanes of at least 4 members (excludes halogenated alkanes) is 1. The Hall–Kier alpha value is -4.21. The molecule has 1 amide bonds. The van der Waals surface area contributed by atoms with Crippen molar-refractivity contribution in [2.45, 2.75) is 32.7 Å². The zero-order valence-electron chi connectivity index (χ0n) is 20.1. The molecule has 0 spiro atoms. The first-order valence-electron chi connectivity index (χ1n) is 11.6. The molecule has 35 heavy (non-hydrogen) atoms. The highest BCUT2D eigenvalue weighted by atomic mass is 16.6. The molecule has 0 unspecified atom stereocenters. The third kappa shape index (κ3) is 4.72. The molecule has 2 aromatic heterocycles. The number of benzene rings is 2. The van der Waals surface area contributed by atoms with Gasteiger partial charge in [-0.2, -0.15) is 0 Å². The van der Waals surface area contributed by atoms with Gasteiger partial charge in [-0.05, 0) is 31.0 Å². The topological polar surface area (TPSA) is 132 Å². The van der Waals surface area contributed by atoms with E-state index in [2.05, 4.69) is 21.8 Å². The molecule has 182 valence electrons.